The molecule has 0 amide bonds. The summed E-state index contributed by atoms with van der Waals surface area (Å²) in [6.45, 7) is 6.02. The maximum Gasteiger partial charge on any atom is 0.148 e. The zero-order valence-electron chi connectivity index (χ0n) is 19.7. The van der Waals surface area contributed by atoms with E-state index in [0.717, 1.165) is 71.3 Å². The Morgan fingerprint density at radius 3 is 2.37 bits per heavy atom. The van der Waals surface area contributed by atoms with E-state index in [1.165, 1.54) is 5.56 Å². The second kappa shape index (κ2) is 11.2. The quantitative estimate of drug-likeness (QED) is 0.331. The van der Waals surface area contributed by atoms with E-state index < -0.39 is 0 Å². The summed E-state index contributed by atoms with van der Waals surface area (Å²) in [6.07, 6.45) is 1.57. The topological polar surface area (TPSA) is 84.8 Å². The monoisotopic (exact) mass is 489 g/mol. The molecule has 4 aromatic rings. The number of nitrogens with zero attached hydrogens (tertiary/aromatic N) is 4. The van der Waals surface area contributed by atoms with Crippen LogP contribution < -0.4 is 5.32 Å². The number of benzene rings is 2. The number of nitrogens with one attached hydrogen (secondary N) is 1. The third-order valence-electron chi connectivity index (χ3n) is 6.53. The average Bonchev–Trinajstić information content (AvgIpc) is 3.35. The van der Waals surface area contributed by atoms with Crippen molar-refractivity contribution in [3.05, 3.63) is 78.1 Å². The molecular formula is C27H31N5O2S. The average molecular weight is 490 g/mol. The molecular weight excluding hydrogens is 458 g/mol. The first-order chi connectivity index (χ1) is 17.2. The predicted molar refractivity (Wildman–Crippen MR) is 142 cm³/mol. The van der Waals surface area contributed by atoms with Gasteiger partial charge in [0.15, 0.2) is 0 Å². The highest BCUT2D eigenvalue weighted by Gasteiger charge is 2.17. The minimum Gasteiger partial charge on any atom is -0.395 e. The van der Waals surface area contributed by atoms with Crippen molar-refractivity contribution in [2.75, 3.05) is 51.3 Å². The summed E-state index contributed by atoms with van der Waals surface area (Å²) in [5.74, 6) is 0.742. The van der Waals surface area contributed by atoms with Gasteiger partial charge in [-0.15, -0.1) is 11.3 Å². The molecule has 2 aromatic carbocycles. The Kier molecular flexibility index (Phi) is 7.66. The number of anilines is 1. The number of fused-ring (bicyclic) bond motifs is 1. The summed E-state index contributed by atoms with van der Waals surface area (Å²) in [5, 5.41) is 22.5. The number of thiophene rings is 1. The van der Waals surface area contributed by atoms with Crippen molar-refractivity contribution < 1.29 is 10.2 Å². The number of β-amino-alcohol motifs (C(OH)–C–C–N with tert-alkyl or cyclic N) is 1. The zero-order valence-corrected chi connectivity index (χ0v) is 20.5. The zero-order chi connectivity index (χ0) is 24.0. The molecule has 3 N–H and O–H groups in total. The fourth-order valence-electron chi connectivity index (χ4n) is 4.53. The SMILES string of the molecule is OCCN1CCN(Cc2ccc(-c3cc4ncnc(N[C@H](CO)c5ccccc5)c4s3)cc2)CC1. The van der Waals surface area contributed by atoms with Crippen LogP contribution >= 0.6 is 11.3 Å². The molecule has 2 aromatic heterocycles. The summed E-state index contributed by atoms with van der Waals surface area (Å²) >= 11 is 1.67. The highest BCUT2D eigenvalue weighted by atomic mass is 32.1. The number of piperazine rings is 1. The van der Waals surface area contributed by atoms with Crippen LogP contribution in [0.3, 0.4) is 0 Å². The number of aromatic nitrogens is 2. The lowest BCUT2D eigenvalue weighted by Gasteiger charge is -2.34. The standard InChI is InChI=1S/C27H31N5O2S/c33-15-14-31-10-12-32(13-11-31)17-20-6-8-22(9-7-20)25-16-23-26(35-25)27(29-19-28-23)30-24(18-34)21-4-2-1-3-5-21/h1-9,16,19,24,33-34H,10-15,17-18H2,(H,28,29,30)/t24-/m1/s1. The number of hydrogen-bond acceptors (Lipinski definition) is 8. The van der Waals surface area contributed by atoms with E-state index in [4.69, 9.17) is 5.11 Å². The molecule has 0 saturated carbocycles. The second-order valence-electron chi connectivity index (χ2n) is 8.88. The molecule has 0 aliphatic carbocycles. The molecule has 0 spiro atoms. The molecule has 7 nitrogen and oxygen atoms in total. The van der Waals surface area contributed by atoms with Gasteiger partial charge >= 0.3 is 0 Å². The molecule has 1 aliphatic heterocycles. The molecule has 0 radical (unpaired) electrons. The van der Waals surface area contributed by atoms with Crippen LogP contribution in [-0.4, -0.2) is 75.9 Å². The first kappa shape index (κ1) is 23.8. The molecule has 1 saturated heterocycles. The van der Waals surface area contributed by atoms with Crippen LogP contribution in [0.5, 0.6) is 0 Å². The van der Waals surface area contributed by atoms with Gasteiger partial charge in [-0.3, -0.25) is 9.80 Å². The lowest BCUT2D eigenvalue weighted by molar-refractivity contribution is 0.108. The molecule has 5 rings (SSSR count). The van der Waals surface area contributed by atoms with Crippen molar-refractivity contribution in [2.24, 2.45) is 0 Å². The summed E-state index contributed by atoms with van der Waals surface area (Å²) in [5.41, 5.74) is 4.39. The smallest absolute Gasteiger partial charge is 0.148 e. The van der Waals surface area contributed by atoms with Crippen LogP contribution in [0.2, 0.25) is 0 Å². The van der Waals surface area contributed by atoms with E-state index >= 15 is 0 Å². The maximum absolute atomic E-state index is 9.96. The lowest BCUT2D eigenvalue weighted by Crippen LogP contribution is -2.46. The molecule has 0 bridgehead atoms. The molecule has 1 atom stereocenters. The number of rotatable bonds is 9. The molecule has 182 valence electrons. The van der Waals surface area contributed by atoms with E-state index in [-0.39, 0.29) is 19.3 Å². The van der Waals surface area contributed by atoms with E-state index in [2.05, 4.69) is 55.4 Å². The Balaban J connectivity index is 1.29. The summed E-state index contributed by atoms with van der Waals surface area (Å²) in [6, 6.07) is 20.6. The molecule has 8 heteroatoms. The van der Waals surface area contributed by atoms with Crippen molar-refractivity contribution in [3.8, 4) is 10.4 Å². The summed E-state index contributed by atoms with van der Waals surface area (Å²) in [7, 11) is 0. The first-order valence-corrected chi connectivity index (χ1v) is 12.9. The Morgan fingerprint density at radius 1 is 0.914 bits per heavy atom. The first-order valence-electron chi connectivity index (χ1n) is 12.1. The van der Waals surface area contributed by atoms with Gasteiger partial charge in [-0.25, -0.2) is 9.97 Å². The van der Waals surface area contributed by atoms with Gasteiger partial charge in [-0.2, -0.15) is 0 Å². The van der Waals surface area contributed by atoms with Gasteiger partial charge in [0.25, 0.3) is 0 Å². The number of hydrogen-bond donors (Lipinski definition) is 3. The maximum atomic E-state index is 9.96. The van der Waals surface area contributed by atoms with Gasteiger partial charge < -0.3 is 15.5 Å². The molecule has 1 fully saturated rings. The second-order valence-corrected chi connectivity index (χ2v) is 9.93. The fourth-order valence-corrected chi connectivity index (χ4v) is 5.60. The van der Waals surface area contributed by atoms with Crippen LogP contribution in [-0.2, 0) is 6.54 Å². The lowest BCUT2D eigenvalue weighted by atomic mass is 10.1. The molecule has 0 unspecified atom stereocenters. The number of aliphatic hydroxyl groups is 2. The normalized spacial score (nSPS) is 15.9. The van der Waals surface area contributed by atoms with Crippen molar-refractivity contribution in [2.45, 2.75) is 12.6 Å². The third-order valence-corrected chi connectivity index (χ3v) is 7.71. The van der Waals surface area contributed by atoms with Crippen molar-refractivity contribution in [1.29, 1.82) is 0 Å². The Hall–Kier alpha value is -2.88. The minimum absolute atomic E-state index is 0.0221. The highest BCUT2D eigenvalue weighted by Crippen LogP contribution is 2.36. The molecule has 3 heterocycles. The Labute approximate surface area is 209 Å². The minimum atomic E-state index is -0.232. The van der Waals surface area contributed by atoms with Crippen molar-refractivity contribution in [3.63, 3.8) is 0 Å². The van der Waals surface area contributed by atoms with Gasteiger partial charge in [-0.1, -0.05) is 54.6 Å². The third kappa shape index (κ3) is 5.69. The summed E-state index contributed by atoms with van der Waals surface area (Å²) in [4.78, 5) is 14.9. The van der Waals surface area contributed by atoms with Gasteiger partial charge in [0.1, 0.15) is 12.1 Å². The van der Waals surface area contributed by atoms with Crippen LogP contribution in [0.1, 0.15) is 17.2 Å². The van der Waals surface area contributed by atoms with Crippen LogP contribution in [0.4, 0.5) is 5.82 Å². The van der Waals surface area contributed by atoms with E-state index in [1.807, 2.05) is 30.3 Å². The van der Waals surface area contributed by atoms with Crippen LogP contribution in [0.15, 0.2) is 67.0 Å². The van der Waals surface area contributed by atoms with Crippen LogP contribution in [0, 0.1) is 0 Å². The van der Waals surface area contributed by atoms with E-state index in [0.29, 0.717) is 0 Å². The van der Waals surface area contributed by atoms with Gasteiger partial charge in [0.2, 0.25) is 0 Å². The Morgan fingerprint density at radius 2 is 1.66 bits per heavy atom. The largest absolute Gasteiger partial charge is 0.395 e. The number of aliphatic hydroxyl groups excluding tert-OH is 2. The summed E-state index contributed by atoms with van der Waals surface area (Å²) < 4.78 is 0.988. The van der Waals surface area contributed by atoms with Crippen molar-refractivity contribution >= 4 is 27.4 Å². The van der Waals surface area contributed by atoms with E-state index in [1.54, 1.807) is 17.7 Å². The fraction of sp³-hybridized carbons (Fsp3) is 0.333. The predicted octanol–water partition coefficient (Wildman–Crippen LogP) is 3.61. The van der Waals surface area contributed by atoms with Crippen LogP contribution in [0.25, 0.3) is 20.7 Å². The Bertz CT molecular complexity index is 1220. The van der Waals surface area contributed by atoms with Gasteiger partial charge in [-0.05, 0) is 22.8 Å². The van der Waals surface area contributed by atoms with Gasteiger partial charge in [0, 0.05) is 44.1 Å². The van der Waals surface area contributed by atoms with E-state index in [9.17, 15) is 5.11 Å². The molecule has 1 aliphatic rings. The van der Waals surface area contributed by atoms with Gasteiger partial charge in [0.05, 0.1) is 29.5 Å². The van der Waals surface area contributed by atoms with Crippen molar-refractivity contribution in [1.82, 2.24) is 19.8 Å². The highest BCUT2D eigenvalue weighted by molar-refractivity contribution is 7.22. The molecule has 35 heavy (non-hydrogen) atoms.